The summed E-state index contributed by atoms with van der Waals surface area (Å²) in [6, 6.07) is 3.97. The molecule has 1 aromatic rings. The summed E-state index contributed by atoms with van der Waals surface area (Å²) in [5.74, 6) is 0.382. The zero-order valence-corrected chi connectivity index (χ0v) is 11.9. The maximum absolute atomic E-state index is 11.6. The number of rotatable bonds is 7. The van der Waals surface area contributed by atoms with Crippen molar-refractivity contribution in [1.29, 1.82) is 0 Å². The van der Waals surface area contributed by atoms with Crippen LogP contribution in [0.2, 0.25) is 0 Å². The Bertz CT molecular complexity index is 334. The van der Waals surface area contributed by atoms with Gasteiger partial charge in [-0.15, -0.1) is 23.1 Å². The van der Waals surface area contributed by atoms with Gasteiger partial charge in [-0.1, -0.05) is 19.9 Å². The van der Waals surface area contributed by atoms with E-state index in [2.05, 4.69) is 5.32 Å². The second-order valence-corrected chi connectivity index (χ2v) is 6.15. The van der Waals surface area contributed by atoms with Crippen LogP contribution in [0.4, 0.5) is 0 Å². The van der Waals surface area contributed by atoms with Gasteiger partial charge in [0, 0.05) is 6.54 Å². The first-order valence-electron chi connectivity index (χ1n) is 5.75. The van der Waals surface area contributed by atoms with E-state index in [1.807, 2.05) is 31.4 Å². The predicted octanol–water partition coefficient (Wildman–Crippen LogP) is 2.51. The number of nitrogens with one attached hydrogen (secondary N) is 1. The Morgan fingerprint density at radius 3 is 2.76 bits per heavy atom. The Labute approximate surface area is 111 Å². The number of amides is 1. The van der Waals surface area contributed by atoms with Gasteiger partial charge in [-0.3, -0.25) is 4.79 Å². The lowest BCUT2D eigenvalue weighted by Crippen LogP contribution is -2.42. The fraction of sp³-hybridized carbons (Fsp3) is 0.583. The van der Waals surface area contributed by atoms with Gasteiger partial charge in [0.15, 0.2) is 0 Å². The average Bonchev–Trinajstić information content (AvgIpc) is 2.86. The normalized spacial score (nSPS) is 11.5. The van der Waals surface area contributed by atoms with Gasteiger partial charge in [0.2, 0.25) is 5.91 Å². The zero-order chi connectivity index (χ0) is 12.7. The molecule has 0 atom stereocenters. The van der Waals surface area contributed by atoms with Gasteiger partial charge in [-0.05, 0) is 24.3 Å². The highest BCUT2D eigenvalue weighted by molar-refractivity contribution is 8.01. The Morgan fingerprint density at radius 1 is 1.53 bits per heavy atom. The summed E-state index contributed by atoms with van der Waals surface area (Å²) >= 11 is 3.16. The second-order valence-electron chi connectivity index (χ2n) is 3.93. The molecule has 0 radical (unpaired) electrons. The number of aliphatic hydroxyl groups is 1. The molecule has 1 heterocycles. The van der Waals surface area contributed by atoms with Gasteiger partial charge in [-0.2, -0.15) is 0 Å². The lowest BCUT2D eigenvalue weighted by atomic mass is 9.98. The van der Waals surface area contributed by atoms with Crippen LogP contribution < -0.4 is 5.32 Å². The molecular weight excluding hydrogens is 254 g/mol. The summed E-state index contributed by atoms with van der Waals surface area (Å²) in [6.45, 7) is 4.19. The zero-order valence-electron chi connectivity index (χ0n) is 10.2. The minimum Gasteiger partial charge on any atom is -0.388 e. The molecule has 96 valence electrons. The molecule has 0 spiro atoms. The van der Waals surface area contributed by atoms with Gasteiger partial charge in [-0.25, -0.2) is 0 Å². The van der Waals surface area contributed by atoms with E-state index in [-0.39, 0.29) is 5.91 Å². The molecule has 0 bridgehead atoms. The highest BCUT2D eigenvalue weighted by atomic mass is 32.2. The number of carbonyl (C=O) groups is 1. The van der Waals surface area contributed by atoms with Crippen LogP contribution in [0.5, 0.6) is 0 Å². The molecule has 0 aromatic carbocycles. The van der Waals surface area contributed by atoms with Gasteiger partial charge < -0.3 is 10.4 Å². The summed E-state index contributed by atoms with van der Waals surface area (Å²) in [5.41, 5.74) is -0.761. The molecule has 0 unspecified atom stereocenters. The molecule has 3 nitrogen and oxygen atoms in total. The first-order valence-corrected chi connectivity index (χ1v) is 7.61. The summed E-state index contributed by atoms with van der Waals surface area (Å²) < 4.78 is 1.14. The van der Waals surface area contributed by atoms with E-state index in [1.54, 1.807) is 11.3 Å². The number of thiophene rings is 1. The topological polar surface area (TPSA) is 49.3 Å². The van der Waals surface area contributed by atoms with Crippen LogP contribution in [-0.4, -0.2) is 28.9 Å². The number of carbonyl (C=O) groups excluding carboxylic acids is 1. The van der Waals surface area contributed by atoms with Crippen LogP contribution in [0.3, 0.4) is 0 Å². The molecule has 0 fully saturated rings. The van der Waals surface area contributed by atoms with Crippen LogP contribution in [0.15, 0.2) is 21.7 Å². The minimum absolute atomic E-state index is 0.0243. The number of hydrogen-bond acceptors (Lipinski definition) is 4. The first kappa shape index (κ1) is 14.5. The van der Waals surface area contributed by atoms with E-state index in [9.17, 15) is 9.90 Å². The third kappa shape index (κ3) is 5.10. The van der Waals surface area contributed by atoms with Crippen LogP contribution in [0.1, 0.15) is 26.7 Å². The molecule has 5 heteroatoms. The van der Waals surface area contributed by atoms with Gasteiger partial charge in [0.05, 0.1) is 15.6 Å². The quantitative estimate of drug-likeness (QED) is 0.751. The smallest absolute Gasteiger partial charge is 0.230 e. The van der Waals surface area contributed by atoms with Crippen LogP contribution in [0.25, 0.3) is 0 Å². The summed E-state index contributed by atoms with van der Waals surface area (Å²) in [7, 11) is 0. The molecular formula is C12H19NO2S2. The fourth-order valence-corrected chi connectivity index (χ4v) is 2.91. The molecule has 1 amide bonds. The first-order chi connectivity index (χ1) is 8.09. The van der Waals surface area contributed by atoms with Crippen molar-refractivity contribution in [1.82, 2.24) is 5.32 Å². The molecule has 17 heavy (non-hydrogen) atoms. The average molecular weight is 273 g/mol. The Morgan fingerprint density at radius 2 is 2.24 bits per heavy atom. The summed E-state index contributed by atoms with van der Waals surface area (Å²) in [5, 5.41) is 14.8. The third-order valence-corrected chi connectivity index (χ3v) is 4.90. The van der Waals surface area contributed by atoms with Crippen molar-refractivity contribution in [2.75, 3.05) is 12.3 Å². The largest absolute Gasteiger partial charge is 0.388 e. The van der Waals surface area contributed by atoms with Crippen molar-refractivity contribution < 1.29 is 9.90 Å². The van der Waals surface area contributed by atoms with Gasteiger partial charge >= 0.3 is 0 Å². The van der Waals surface area contributed by atoms with Crippen LogP contribution in [0, 0.1) is 0 Å². The summed E-state index contributed by atoms with van der Waals surface area (Å²) in [6.07, 6.45) is 1.31. The monoisotopic (exact) mass is 273 g/mol. The van der Waals surface area contributed by atoms with Gasteiger partial charge in [0.25, 0.3) is 0 Å². The second kappa shape index (κ2) is 7.03. The van der Waals surface area contributed by atoms with Gasteiger partial charge in [0.1, 0.15) is 0 Å². The maximum Gasteiger partial charge on any atom is 0.230 e. The van der Waals surface area contributed by atoms with E-state index in [0.717, 1.165) is 4.21 Å². The van der Waals surface area contributed by atoms with E-state index in [1.165, 1.54) is 11.8 Å². The Balaban J connectivity index is 2.26. The highest BCUT2D eigenvalue weighted by Gasteiger charge is 2.22. The summed E-state index contributed by atoms with van der Waals surface area (Å²) in [4.78, 5) is 11.6. The lowest BCUT2D eigenvalue weighted by molar-refractivity contribution is -0.119. The Hall–Kier alpha value is -0.520. The fourth-order valence-electron chi connectivity index (χ4n) is 1.30. The third-order valence-electron chi connectivity index (χ3n) is 2.77. The minimum atomic E-state index is -0.761. The number of hydrogen-bond donors (Lipinski definition) is 2. The molecule has 1 aromatic heterocycles. The van der Waals surface area contributed by atoms with Crippen molar-refractivity contribution in [3.63, 3.8) is 0 Å². The molecule has 2 N–H and O–H groups in total. The molecule has 0 aliphatic heterocycles. The molecule has 0 saturated carbocycles. The van der Waals surface area contributed by atoms with E-state index in [4.69, 9.17) is 0 Å². The van der Waals surface area contributed by atoms with E-state index >= 15 is 0 Å². The molecule has 0 saturated heterocycles. The molecule has 0 aliphatic carbocycles. The molecule has 0 aliphatic rings. The van der Waals surface area contributed by atoms with Crippen molar-refractivity contribution in [3.05, 3.63) is 17.5 Å². The number of thioether (sulfide) groups is 1. The SMILES string of the molecule is CCC(O)(CC)CNC(=O)CSc1cccs1. The van der Waals surface area contributed by atoms with Crippen molar-refractivity contribution in [3.8, 4) is 0 Å². The highest BCUT2D eigenvalue weighted by Crippen LogP contribution is 2.22. The van der Waals surface area contributed by atoms with Crippen molar-refractivity contribution in [2.24, 2.45) is 0 Å². The molecule has 1 rings (SSSR count). The van der Waals surface area contributed by atoms with Crippen LogP contribution in [-0.2, 0) is 4.79 Å². The Kier molecular flexibility index (Phi) is 6.02. The standard InChI is InChI=1S/C12H19NO2S2/c1-3-12(15,4-2)9-13-10(14)8-17-11-6-5-7-16-11/h5-7,15H,3-4,8-9H2,1-2H3,(H,13,14). The lowest BCUT2D eigenvalue weighted by Gasteiger charge is -2.25. The van der Waals surface area contributed by atoms with E-state index < -0.39 is 5.60 Å². The van der Waals surface area contributed by atoms with E-state index in [0.29, 0.717) is 25.1 Å². The van der Waals surface area contributed by atoms with Crippen molar-refractivity contribution >= 4 is 29.0 Å². The maximum atomic E-state index is 11.6. The van der Waals surface area contributed by atoms with Crippen LogP contribution >= 0.6 is 23.1 Å². The van der Waals surface area contributed by atoms with Crippen molar-refractivity contribution in [2.45, 2.75) is 36.5 Å². The predicted molar refractivity (Wildman–Crippen MR) is 73.6 cm³/mol.